The minimum absolute atomic E-state index is 0.0166. The molecule has 2 aromatic heterocycles. The summed E-state index contributed by atoms with van der Waals surface area (Å²) in [5, 5.41) is 14.0. The molecule has 9 N–H and O–H groups in total. The van der Waals surface area contributed by atoms with Gasteiger partial charge < -0.3 is 47.2 Å². The number of H-pyrrole nitrogens is 2. The molecule has 4 heterocycles. The van der Waals surface area contributed by atoms with E-state index >= 15 is 0 Å². The number of hydrogen-bond acceptors (Lipinski definition) is 8. The second-order valence-corrected chi connectivity index (χ2v) is 12.2. The van der Waals surface area contributed by atoms with E-state index < -0.39 is 65.7 Å². The standard InChI is InChI=1S/C32H40N10O7/c1-17(32(49)42-10-4-7-25(42)31(48)36-15-26(33)43)38-29(46)23(11-18-13-35-21-6-3-2-5-20(18)21)40-30(47)24(12-19-14-34-16-37-19)41-28(45)22-8-9-27(44)39-22/h2-3,5-6,13-14,16-17,22-25,35H,4,7-12,15H2,1H3,(H2,33,43)(H,34,37)(H,36,48)(H,38,46)(H,39,44)(H,40,47)(H,41,45)/t17-,22+,23+,24+,25+/m1/s1. The Kier molecular flexibility index (Phi) is 10.9. The minimum atomic E-state index is -1.19. The molecule has 17 heteroatoms. The van der Waals surface area contributed by atoms with Gasteiger partial charge in [0.1, 0.15) is 30.2 Å². The molecule has 2 aliphatic heterocycles. The van der Waals surface area contributed by atoms with E-state index in [0.29, 0.717) is 18.5 Å². The number of carbonyl (C=O) groups excluding carboxylic acids is 7. The molecule has 7 amide bonds. The van der Waals surface area contributed by atoms with Crippen LogP contribution in [0.4, 0.5) is 0 Å². The molecule has 2 saturated heterocycles. The van der Waals surface area contributed by atoms with E-state index in [9.17, 15) is 33.6 Å². The normalized spacial score (nSPS) is 19.0. The molecule has 3 aromatic rings. The van der Waals surface area contributed by atoms with Gasteiger partial charge in [-0.3, -0.25) is 33.6 Å². The van der Waals surface area contributed by atoms with Crippen LogP contribution >= 0.6 is 0 Å². The van der Waals surface area contributed by atoms with Crippen molar-refractivity contribution >= 4 is 52.3 Å². The average Bonchev–Trinajstić information content (AvgIpc) is 3.91. The second kappa shape index (κ2) is 15.4. The number of nitrogens with one attached hydrogen (secondary N) is 7. The van der Waals surface area contributed by atoms with Crippen LogP contribution in [0.2, 0.25) is 0 Å². The van der Waals surface area contributed by atoms with E-state index in [0.717, 1.165) is 16.5 Å². The number of fused-ring (bicyclic) bond motifs is 1. The summed E-state index contributed by atoms with van der Waals surface area (Å²) >= 11 is 0. The Labute approximate surface area is 280 Å². The van der Waals surface area contributed by atoms with Crippen LogP contribution in [0.1, 0.15) is 43.9 Å². The molecule has 1 aromatic carbocycles. The first-order chi connectivity index (χ1) is 23.5. The van der Waals surface area contributed by atoms with Crippen LogP contribution < -0.4 is 32.3 Å². The Morgan fingerprint density at radius 2 is 1.73 bits per heavy atom. The quantitative estimate of drug-likeness (QED) is 0.0948. The number of nitrogens with zero attached hydrogens (tertiary/aromatic N) is 2. The predicted octanol–water partition coefficient (Wildman–Crippen LogP) is -1.98. The number of para-hydroxylation sites is 1. The van der Waals surface area contributed by atoms with E-state index in [2.05, 4.69) is 41.5 Å². The highest BCUT2D eigenvalue weighted by atomic mass is 16.2. The molecule has 0 unspecified atom stereocenters. The molecule has 5 rings (SSSR count). The second-order valence-electron chi connectivity index (χ2n) is 12.2. The molecule has 0 spiro atoms. The van der Waals surface area contributed by atoms with Gasteiger partial charge in [-0.2, -0.15) is 0 Å². The highest BCUT2D eigenvalue weighted by molar-refractivity contribution is 5.98. The number of benzene rings is 1. The van der Waals surface area contributed by atoms with Crippen LogP contribution in [0, 0.1) is 0 Å². The Morgan fingerprint density at radius 1 is 0.980 bits per heavy atom. The summed E-state index contributed by atoms with van der Waals surface area (Å²) in [4.78, 5) is 101. The van der Waals surface area contributed by atoms with Crippen molar-refractivity contribution < 1.29 is 33.6 Å². The lowest BCUT2D eigenvalue weighted by Gasteiger charge is -2.28. The van der Waals surface area contributed by atoms with E-state index in [4.69, 9.17) is 5.73 Å². The molecule has 17 nitrogen and oxygen atoms in total. The molecule has 0 aliphatic carbocycles. The van der Waals surface area contributed by atoms with Crippen LogP contribution in [0.3, 0.4) is 0 Å². The van der Waals surface area contributed by atoms with Gasteiger partial charge in [-0.1, -0.05) is 18.2 Å². The zero-order valence-electron chi connectivity index (χ0n) is 26.9. The van der Waals surface area contributed by atoms with Crippen LogP contribution in [-0.2, 0) is 46.4 Å². The number of likely N-dealkylation sites (tertiary alicyclic amines) is 1. The van der Waals surface area contributed by atoms with Gasteiger partial charge in [-0.15, -0.1) is 0 Å². The van der Waals surface area contributed by atoms with Gasteiger partial charge in [0.2, 0.25) is 41.4 Å². The van der Waals surface area contributed by atoms with Crippen molar-refractivity contribution in [2.45, 2.75) is 75.7 Å². The molecule has 5 atom stereocenters. The van der Waals surface area contributed by atoms with Crippen molar-refractivity contribution in [2.24, 2.45) is 5.73 Å². The van der Waals surface area contributed by atoms with E-state index in [1.807, 2.05) is 24.3 Å². The van der Waals surface area contributed by atoms with Gasteiger partial charge in [-0.25, -0.2) is 4.98 Å². The monoisotopic (exact) mass is 676 g/mol. The summed E-state index contributed by atoms with van der Waals surface area (Å²) in [6.07, 6.45) is 6.13. The Balaban J connectivity index is 1.33. The molecular formula is C32H40N10O7. The van der Waals surface area contributed by atoms with E-state index in [-0.39, 0.29) is 44.7 Å². The van der Waals surface area contributed by atoms with Crippen molar-refractivity contribution in [1.29, 1.82) is 0 Å². The third kappa shape index (κ3) is 8.60. The lowest BCUT2D eigenvalue weighted by molar-refractivity contribution is -0.141. The molecule has 260 valence electrons. The summed E-state index contributed by atoms with van der Waals surface area (Å²) in [5.41, 5.74) is 7.23. The molecule has 0 bridgehead atoms. The zero-order valence-corrected chi connectivity index (χ0v) is 26.9. The maximum Gasteiger partial charge on any atom is 0.245 e. The molecule has 49 heavy (non-hydrogen) atoms. The number of carbonyl (C=O) groups is 7. The van der Waals surface area contributed by atoms with Gasteiger partial charge >= 0.3 is 0 Å². The van der Waals surface area contributed by atoms with Crippen molar-refractivity contribution in [3.05, 3.63) is 54.2 Å². The molecular weight excluding hydrogens is 636 g/mol. The van der Waals surface area contributed by atoms with Gasteiger partial charge in [0.25, 0.3) is 0 Å². The van der Waals surface area contributed by atoms with Gasteiger partial charge in [0, 0.05) is 54.8 Å². The summed E-state index contributed by atoms with van der Waals surface area (Å²) in [6.45, 7) is 1.40. The fourth-order valence-corrected chi connectivity index (χ4v) is 6.13. The van der Waals surface area contributed by atoms with Gasteiger partial charge in [0.05, 0.1) is 12.9 Å². The van der Waals surface area contributed by atoms with Gasteiger partial charge in [-0.05, 0) is 37.8 Å². The number of imidazole rings is 1. The topological polar surface area (TPSA) is 253 Å². The summed E-state index contributed by atoms with van der Waals surface area (Å²) in [5.74, 6) is -3.88. The summed E-state index contributed by atoms with van der Waals surface area (Å²) in [7, 11) is 0. The molecule has 0 radical (unpaired) electrons. The number of nitrogens with two attached hydrogens (primary N) is 1. The van der Waals surface area contributed by atoms with E-state index in [1.54, 1.807) is 6.20 Å². The number of amides is 7. The number of aromatic amines is 2. The van der Waals surface area contributed by atoms with Crippen LogP contribution in [-0.4, -0.2) is 105 Å². The SMILES string of the molecule is C[C@@H](NC(=O)[C@H](Cc1c[nH]c2ccccc12)NC(=O)[C@H](Cc1cnc[nH]1)NC(=O)[C@@H]1CCC(=O)N1)C(=O)N1CCC[C@H]1C(=O)NCC(N)=O. The summed E-state index contributed by atoms with van der Waals surface area (Å²) in [6, 6.07) is 2.41. The third-order valence-corrected chi connectivity index (χ3v) is 8.66. The largest absolute Gasteiger partial charge is 0.368 e. The third-order valence-electron chi connectivity index (χ3n) is 8.66. The van der Waals surface area contributed by atoms with Crippen molar-refractivity contribution in [2.75, 3.05) is 13.1 Å². The van der Waals surface area contributed by atoms with Crippen LogP contribution in [0.15, 0.2) is 43.0 Å². The Bertz CT molecular complexity index is 1720. The lowest BCUT2D eigenvalue weighted by Crippen LogP contribution is -2.59. The first kappa shape index (κ1) is 34.6. The van der Waals surface area contributed by atoms with E-state index in [1.165, 1.54) is 24.3 Å². The highest BCUT2D eigenvalue weighted by Crippen LogP contribution is 2.21. The first-order valence-electron chi connectivity index (χ1n) is 16.1. The number of aromatic nitrogens is 3. The van der Waals surface area contributed by atoms with Gasteiger partial charge in [0.15, 0.2) is 0 Å². The predicted molar refractivity (Wildman–Crippen MR) is 174 cm³/mol. The zero-order chi connectivity index (χ0) is 35.1. The number of primary amides is 1. The number of rotatable bonds is 14. The maximum atomic E-state index is 13.9. The average molecular weight is 677 g/mol. The van der Waals surface area contributed by atoms with Crippen LogP contribution in [0.25, 0.3) is 10.9 Å². The Morgan fingerprint density at radius 3 is 2.45 bits per heavy atom. The fourth-order valence-electron chi connectivity index (χ4n) is 6.13. The van der Waals surface area contributed by atoms with Crippen molar-refractivity contribution in [3.63, 3.8) is 0 Å². The van der Waals surface area contributed by atoms with Crippen molar-refractivity contribution in [3.8, 4) is 0 Å². The highest BCUT2D eigenvalue weighted by Gasteiger charge is 2.38. The molecule has 2 fully saturated rings. The van der Waals surface area contributed by atoms with Crippen LogP contribution in [0.5, 0.6) is 0 Å². The smallest absolute Gasteiger partial charge is 0.245 e. The summed E-state index contributed by atoms with van der Waals surface area (Å²) < 4.78 is 0. The number of hydrogen-bond donors (Lipinski definition) is 8. The molecule has 2 aliphatic rings. The molecule has 0 saturated carbocycles. The minimum Gasteiger partial charge on any atom is -0.368 e. The first-order valence-corrected chi connectivity index (χ1v) is 16.1. The fraction of sp³-hybridized carbons (Fsp3) is 0.438. The Hall–Kier alpha value is -5.74. The van der Waals surface area contributed by atoms with Crippen molar-refractivity contribution in [1.82, 2.24) is 46.4 Å². The lowest BCUT2D eigenvalue weighted by atomic mass is 10.0. The maximum absolute atomic E-state index is 13.9.